The van der Waals surface area contributed by atoms with Gasteiger partial charge in [0, 0.05) is 12.4 Å². The molecular weight excluding hydrogens is 174 g/mol. The Morgan fingerprint density at radius 1 is 1.82 bits per heavy atom. The third kappa shape index (κ3) is 6.57. The Kier molecular flexibility index (Phi) is 10.3. The van der Waals surface area contributed by atoms with Gasteiger partial charge in [-0.15, -0.1) is 18.4 Å². The number of hydrogen-bond acceptors (Lipinski definition) is 2. The maximum atomic E-state index is 5.70. The highest BCUT2D eigenvalue weighted by Gasteiger charge is 2.02. The Labute approximate surface area is 83.1 Å². The maximum absolute atomic E-state index is 5.70. The molecule has 0 saturated heterocycles. The van der Waals surface area contributed by atoms with Gasteiger partial charge in [0.15, 0.2) is 0 Å². The van der Waals surface area contributed by atoms with Crippen LogP contribution >= 0.6 is 26.1 Å². The summed E-state index contributed by atoms with van der Waals surface area (Å²) in [6.45, 7) is 5.61. The van der Waals surface area contributed by atoms with Crippen molar-refractivity contribution in [3.8, 4) is 0 Å². The lowest BCUT2D eigenvalue weighted by molar-refractivity contribution is 0.651. The summed E-state index contributed by atoms with van der Waals surface area (Å²) in [5, 5.41) is 0. The highest BCUT2D eigenvalue weighted by molar-refractivity contribution is 7.84. The molecule has 0 spiro atoms. The van der Waals surface area contributed by atoms with Gasteiger partial charge in [0.1, 0.15) is 0 Å². The number of hydrogen-bond donors (Lipinski definition) is 2. The van der Waals surface area contributed by atoms with E-state index >= 15 is 0 Å². The molecule has 1 nitrogen and oxygen atoms in total. The van der Waals surface area contributed by atoms with E-state index in [0.29, 0.717) is 0 Å². The van der Waals surface area contributed by atoms with Gasteiger partial charge in [-0.2, -0.15) is 13.5 Å². The topological polar surface area (TPSA) is 26.0 Å². The minimum Gasteiger partial charge on any atom is -0.323 e. The van der Waals surface area contributed by atoms with E-state index in [2.05, 4.69) is 31.9 Å². The summed E-state index contributed by atoms with van der Waals surface area (Å²) in [7, 11) is 0. The third-order valence-electron chi connectivity index (χ3n) is 1.40. The zero-order valence-electron chi connectivity index (χ0n) is 6.93. The van der Waals surface area contributed by atoms with Crippen molar-refractivity contribution >= 4 is 26.1 Å². The molecule has 3 heteroatoms. The van der Waals surface area contributed by atoms with Crippen LogP contribution in [0.1, 0.15) is 27.6 Å². The first kappa shape index (κ1) is 13.7. The van der Waals surface area contributed by atoms with Crippen molar-refractivity contribution in [3.05, 3.63) is 17.2 Å². The van der Waals surface area contributed by atoms with E-state index in [1.165, 1.54) is 6.42 Å². The minimum absolute atomic E-state index is 0. The fourth-order valence-corrected chi connectivity index (χ4v) is 0.821. The van der Waals surface area contributed by atoms with Gasteiger partial charge in [0.2, 0.25) is 0 Å². The van der Waals surface area contributed by atoms with Gasteiger partial charge in [-0.05, 0) is 6.42 Å². The van der Waals surface area contributed by atoms with Gasteiger partial charge in [-0.1, -0.05) is 26.3 Å². The monoisotopic (exact) mass is 193 g/mol. The minimum atomic E-state index is 0. The predicted octanol–water partition coefficient (Wildman–Crippen LogP) is 2.46. The van der Waals surface area contributed by atoms with Crippen LogP contribution in [0.3, 0.4) is 0 Å². The van der Waals surface area contributed by atoms with Crippen LogP contribution in [0, 0.1) is 0 Å². The molecule has 0 aliphatic carbocycles. The van der Waals surface area contributed by atoms with Crippen molar-refractivity contribution in [2.75, 3.05) is 0 Å². The van der Waals surface area contributed by atoms with Crippen molar-refractivity contribution in [1.29, 1.82) is 0 Å². The van der Waals surface area contributed by atoms with Crippen molar-refractivity contribution < 1.29 is 1.43 Å². The zero-order chi connectivity index (χ0) is 7.98. The van der Waals surface area contributed by atoms with Crippen LogP contribution < -0.4 is 5.73 Å². The van der Waals surface area contributed by atoms with E-state index in [1.807, 2.05) is 0 Å². The summed E-state index contributed by atoms with van der Waals surface area (Å²) >= 11 is 4.12. The molecule has 0 amide bonds. The molecule has 0 aromatic carbocycles. The second-order valence-electron chi connectivity index (χ2n) is 2.31. The van der Waals surface area contributed by atoms with Crippen molar-refractivity contribution in [2.45, 2.75) is 32.2 Å². The first-order valence-electron chi connectivity index (χ1n) is 3.56. The second kappa shape index (κ2) is 8.28. The molecule has 0 radical (unpaired) electrons. The molecule has 0 saturated carbocycles. The largest absolute Gasteiger partial charge is 0.323 e. The molecule has 0 aromatic heterocycles. The molecular formula is C8H19NS2. The molecule has 1 atom stereocenters. The molecule has 0 aliphatic heterocycles. The molecule has 11 heavy (non-hydrogen) atoms. The molecule has 0 bridgehead atoms. The molecule has 2 N–H and O–H groups in total. The smallest absolute Gasteiger partial charge is 0.0427 e. The molecule has 68 valence electrons. The Hall–Kier alpha value is 0.180. The quantitative estimate of drug-likeness (QED) is 0.520. The lowest BCUT2D eigenvalue weighted by Crippen LogP contribution is -2.19. The lowest BCUT2D eigenvalue weighted by Gasteiger charge is -2.07. The van der Waals surface area contributed by atoms with Crippen LogP contribution in [0.15, 0.2) is 17.2 Å². The van der Waals surface area contributed by atoms with Crippen LogP contribution in [0.5, 0.6) is 0 Å². The lowest BCUT2D eigenvalue weighted by atomic mass is 10.1. The highest BCUT2D eigenvalue weighted by atomic mass is 32.1. The first-order chi connectivity index (χ1) is 4.72. The van der Waals surface area contributed by atoms with Gasteiger partial charge < -0.3 is 5.73 Å². The predicted molar refractivity (Wildman–Crippen MR) is 61.6 cm³/mol. The Balaban J connectivity index is -0.000000405. The summed E-state index contributed by atoms with van der Waals surface area (Å²) in [6, 6.07) is 0.0424. The number of rotatable bonds is 4. The van der Waals surface area contributed by atoms with Crippen LogP contribution in [-0.4, -0.2) is 6.04 Å². The summed E-state index contributed by atoms with van der Waals surface area (Å²) in [4.78, 5) is 0.772. The second-order valence-corrected chi connectivity index (χ2v) is 2.79. The van der Waals surface area contributed by atoms with Crippen LogP contribution in [-0.2, 0) is 0 Å². The van der Waals surface area contributed by atoms with E-state index in [-0.39, 0.29) is 21.0 Å². The standard InChI is InChI=1S/C8H15NS.H2S.H2/c1-3-5-6-7(9)8(10)4-2;;/h7,10H,2-3,5-6,9H2,1H3;1H2;1H. The Morgan fingerprint density at radius 2 is 2.36 bits per heavy atom. The SMILES string of the molecule is C=C=C(S)C(N)CCCC.S.[HH]. The van der Waals surface area contributed by atoms with Gasteiger partial charge in [0.05, 0.1) is 0 Å². The fourth-order valence-electron chi connectivity index (χ4n) is 0.692. The van der Waals surface area contributed by atoms with Crippen molar-refractivity contribution in [3.63, 3.8) is 0 Å². The average molecular weight is 193 g/mol. The Morgan fingerprint density at radius 3 is 2.73 bits per heavy atom. The molecule has 0 fully saturated rings. The summed E-state index contributed by atoms with van der Waals surface area (Å²) in [5.41, 5.74) is 8.38. The average Bonchev–Trinajstić information content (AvgIpc) is 1.98. The van der Waals surface area contributed by atoms with E-state index in [9.17, 15) is 0 Å². The van der Waals surface area contributed by atoms with Crippen LogP contribution in [0.4, 0.5) is 0 Å². The maximum Gasteiger partial charge on any atom is 0.0427 e. The molecule has 0 aromatic rings. The van der Waals surface area contributed by atoms with Gasteiger partial charge in [-0.3, -0.25) is 0 Å². The molecule has 0 aliphatic rings. The van der Waals surface area contributed by atoms with Crippen LogP contribution in [0.25, 0.3) is 0 Å². The van der Waals surface area contributed by atoms with Crippen molar-refractivity contribution in [1.82, 2.24) is 0 Å². The molecule has 1 unspecified atom stereocenters. The van der Waals surface area contributed by atoms with Crippen molar-refractivity contribution in [2.24, 2.45) is 5.73 Å². The fraction of sp³-hybridized carbons (Fsp3) is 0.625. The van der Waals surface area contributed by atoms with Gasteiger partial charge >= 0.3 is 0 Å². The van der Waals surface area contributed by atoms with E-state index in [4.69, 9.17) is 5.73 Å². The normalized spacial score (nSPS) is 11.2. The van der Waals surface area contributed by atoms with E-state index in [1.54, 1.807) is 0 Å². The summed E-state index contributed by atoms with van der Waals surface area (Å²) in [5.74, 6) is 0. The number of unbranched alkanes of at least 4 members (excludes halogenated alkanes) is 1. The summed E-state index contributed by atoms with van der Waals surface area (Å²) in [6.07, 6.45) is 3.30. The van der Waals surface area contributed by atoms with E-state index in [0.717, 1.165) is 17.7 Å². The number of nitrogens with two attached hydrogens (primary N) is 1. The van der Waals surface area contributed by atoms with E-state index < -0.39 is 0 Å². The van der Waals surface area contributed by atoms with Gasteiger partial charge in [-0.25, -0.2) is 0 Å². The third-order valence-corrected chi connectivity index (χ3v) is 1.89. The molecule has 0 heterocycles. The zero-order valence-corrected chi connectivity index (χ0v) is 8.82. The highest BCUT2D eigenvalue weighted by Crippen LogP contribution is 2.09. The van der Waals surface area contributed by atoms with Gasteiger partial charge in [0.25, 0.3) is 0 Å². The first-order valence-corrected chi connectivity index (χ1v) is 4.01. The Bertz CT molecular complexity index is 144. The molecule has 0 rings (SSSR count). The van der Waals surface area contributed by atoms with Crippen LogP contribution in [0.2, 0.25) is 0 Å². The number of thiol groups is 1. The summed E-state index contributed by atoms with van der Waals surface area (Å²) < 4.78 is 0.